The first-order valence-electron chi connectivity index (χ1n) is 7.42. The summed E-state index contributed by atoms with van der Waals surface area (Å²) in [4.78, 5) is 11.3. The van der Waals surface area contributed by atoms with Gasteiger partial charge in [0.1, 0.15) is 6.04 Å². The van der Waals surface area contributed by atoms with Crippen molar-refractivity contribution in [2.24, 2.45) is 0 Å². The third-order valence-corrected chi connectivity index (χ3v) is 6.54. The fourth-order valence-corrected chi connectivity index (χ4v) is 5.02. The Morgan fingerprint density at radius 3 is 2.30 bits per heavy atom. The van der Waals surface area contributed by atoms with Gasteiger partial charge in [-0.2, -0.15) is 17.0 Å². The van der Waals surface area contributed by atoms with E-state index in [0.717, 1.165) is 44.9 Å². The topological polar surface area (TPSA) is 77.9 Å². The summed E-state index contributed by atoms with van der Waals surface area (Å²) < 4.78 is 28.0. The van der Waals surface area contributed by atoms with Gasteiger partial charge in [-0.15, -0.1) is 0 Å². The van der Waals surface area contributed by atoms with Gasteiger partial charge in [-0.1, -0.05) is 19.3 Å². The van der Waals surface area contributed by atoms with Crippen molar-refractivity contribution in [2.75, 3.05) is 13.6 Å². The quantitative estimate of drug-likeness (QED) is 0.852. The normalized spacial score (nSPS) is 26.8. The number of aliphatic carboxylic acids is 1. The largest absolute Gasteiger partial charge is 0.480 e. The van der Waals surface area contributed by atoms with E-state index < -0.39 is 22.2 Å². The summed E-state index contributed by atoms with van der Waals surface area (Å²) in [5, 5.41) is 9.24. The van der Waals surface area contributed by atoms with Gasteiger partial charge in [0.05, 0.1) is 0 Å². The van der Waals surface area contributed by atoms with Crippen molar-refractivity contribution in [2.45, 2.75) is 63.5 Å². The number of nitrogens with zero attached hydrogens (tertiary/aromatic N) is 2. The predicted octanol–water partition coefficient (Wildman–Crippen LogP) is 1.43. The molecule has 1 aliphatic heterocycles. The zero-order chi connectivity index (χ0) is 14.8. The van der Waals surface area contributed by atoms with Crippen molar-refractivity contribution >= 4 is 16.2 Å². The smallest absolute Gasteiger partial charge is 0.322 e. The van der Waals surface area contributed by atoms with Gasteiger partial charge in [-0.25, -0.2) is 0 Å². The number of carboxylic acid groups (broad SMARTS) is 1. The monoisotopic (exact) mass is 304 g/mol. The van der Waals surface area contributed by atoms with Gasteiger partial charge in [0.25, 0.3) is 10.2 Å². The summed E-state index contributed by atoms with van der Waals surface area (Å²) in [6.45, 7) is 0.316. The van der Waals surface area contributed by atoms with Crippen molar-refractivity contribution < 1.29 is 18.3 Å². The molecule has 0 spiro atoms. The molecule has 0 aromatic heterocycles. The van der Waals surface area contributed by atoms with Gasteiger partial charge in [0.2, 0.25) is 0 Å². The van der Waals surface area contributed by atoms with Crippen LogP contribution in [0.3, 0.4) is 0 Å². The number of carbonyl (C=O) groups is 1. The maximum Gasteiger partial charge on any atom is 0.322 e. The summed E-state index contributed by atoms with van der Waals surface area (Å²) in [6, 6.07) is -0.884. The van der Waals surface area contributed by atoms with Crippen molar-refractivity contribution in [1.29, 1.82) is 0 Å². The van der Waals surface area contributed by atoms with E-state index in [0.29, 0.717) is 13.0 Å². The zero-order valence-electron chi connectivity index (χ0n) is 12.0. The van der Waals surface area contributed by atoms with E-state index in [4.69, 9.17) is 0 Å². The Bertz CT molecular complexity index is 445. The average Bonchev–Trinajstić information content (AvgIpc) is 2.47. The molecule has 20 heavy (non-hydrogen) atoms. The lowest BCUT2D eigenvalue weighted by atomic mass is 9.96. The Balaban J connectivity index is 2.16. The van der Waals surface area contributed by atoms with E-state index in [1.54, 1.807) is 7.05 Å². The fraction of sp³-hybridized carbons (Fsp3) is 0.923. The Hall–Kier alpha value is -0.660. The van der Waals surface area contributed by atoms with Gasteiger partial charge in [-0.05, 0) is 32.1 Å². The van der Waals surface area contributed by atoms with Crippen molar-refractivity contribution in [3.05, 3.63) is 0 Å². The lowest BCUT2D eigenvalue weighted by Crippen LogP contribution is -2.54. The number of hydrogen-bond donors (Lipinski definition) is 1. The van der Waals surface area contributed by atoms with Crippen LogP contribution < -0.4 is 0 Å². The van der Waals surface area contributed by atoms with E-state index in [9.17, 15) is 18.3 Å². The van der Waals surface area contributed by atoms with Gasteiger partial charge in [-0.3, -0.25) is 4.79 Å². The first-order valence-corrected chi connectivity index (χ1v) is 8.82. The molecule has 116 valence electrons. The van der Waals surface area contributed by atoms with Crippen LogP contribution in [0.5, 0.6) is 0 Å². The van der Waals surface area contributed by atoms with E-state index >= 15 is 0 Å². The number of carboxylic acids is 1. The minimum absolute atomic E-state index is 0.0186. The molecule has 0 radical (unpaired) electrons. The fourth-order valence-electron chi connectivity index (χ4n) is 3.23. The van der Waals surface area contributed by atoms with Crippen molar-refractivity contribution in [1.82, 2.24) is 8.61 Å². The van der Waals surface area contributed by atoms with Crippen LogP contribution >= 0.6 is 0 Å². The summed E-state index contributed by atoms with van der Waals surface area (Å²) in [5.41, 5.74) is 0. The molecular weight excluding hydrogens is 280 g/mol. The predicted molar refractivity (Wildman–Crippen MR) is 75.5 cm³/mol. The minimum atomic E-state index is -3.67. The van der Waals surface area contributed by atoms with Gasteiger partial charge in [0.15, 0.2) is 0 Å². The summed E-state index contributed by atoms with van der Waals surface area (Å²) in [6.07, 6.45) is 6.93. The molecule has 7 heteroatoms. The SMILES string of the molecule is CN(C1CCCCC1)S(=O)(=O)N1CCCC[C@H]1C(=O)O. The Morgan fingerprint density at radius 1 is 1.10 bits per heavy atom. The second-order valence-corrected chi connectivity index (χ2v) is 7.72. The molecule has 1 aliphatic carbocycles. The molecule has 0 bridgehead atoms. The Labute approximate surface area is 120 Å². The highest BCUT2D eigenvalue weighted by molar-refractivity contribution is 7.86. The first-order chi connectivity index (χ1) is 9.44. The Morgan fingerprint density at radius 2 is 1.70 bits per heavy atom. The van der Waals surface area contributed by atoms with E-state index in [2.05, 4.69) is 0 Å². The van der Waals surface area contributed by atoms with Crippen molar-refractivity contribution in [3.63, 3.8) is 0 Å². The lowest BCUT2D eigenvalue weighted by molar-refractivity contribution is -0.142. The molecule has 1 saturated heterocycles. The maximum atomic E-state index is 12.7. The molecular formula is C13H24N2O4S. The Kier molecular flexibility index (Phi) is 5.04. The van der Waals surface area contributed by atoms with Crippen LogP contribution in [-0.4, -0.2) is 53.8 Å². The third kappa shape index (κ3) is 3.15. The average molecular weight is 304 g/mol. The van der Waals surface area contributed by atoms with Gasteiger partial charge < -0.3 is 5.11 Å². The number of rotatable bonds is 4. The highest BCUT2D eigenvalue weighted by Gasteiger charge is 2.40. The second kappa shape index (κ2) is 6.41. The summed E-state index contributed by atoms with van der Waals surface area (Å²) >= 11 is 0. The molecule has 0 unspecified atom stereocenters. The molecule has 0 aromatic rings. The standard InChI is InChI=1S/C13H24N2O4S/c1-14(11-7-3-2-4-8-11)20(18,19)15-10-6-5-9-12(15)13(16)17/h11-12H,2-10H2,1H3,(H,16,17)/t12-/m0/s1. The molecule has 2 aliphatic rings. The maximum absolute atomic E-state index is 12.7. The highest BCUT2D eigenvalue weighted by atomic mass is 32.2. The molecule has 1 atom stereocenters. The van der Waals surface area contributed by atoms with Crippen LogP contribution in [0, 0.1) is 0 Å². The highest BCUT2D eigenvalue weighted by Crippen LogP contribution is 2.28. The molecule has 0 amide bonds. The van der Waals surface area contributed by atoms with Gasteiger partial charge in [0, 0.05) is 19.6 Å². The molecule has 1 N–H and O–H groups in total. The second-order valence-electron chi connectivity index (χ2n) is 5.78. The van der Waals surface area contributed by atoms with Gasteiger partial charge >= 0.3 is 5.97 Å². The van der Waals surface area contributed by atoms with Crippen molar-refractivity contribution in [3.8, 4) is 0 Å². The van der Waals surface area contributed by atoms with Crippen LogP contribution in [0.4, 0.5) is 0 Å². The van der Waals surface area contributed by atoms with Crippen LogP contribution in [0.15, 0.2) is 0 Å². The summed E-state index contributed by atoms with van der Waals surface area (Å²) in [5.74, 6) is -1.04. The number of piperidine rings is 1. The first kappa shape index (κ1) is 15.7. The molecule has 1 saturated carbocycles. The van der Waals surface area contributed by atoms with E-state index in [-0.39, 0.29) is 6.04 Å². The third-order valence-electron chi connectivity index (χ3n) is 4.49. The van der Waals surface area contributed by atoms with Crippen LogP contribution in [0.2, 0.25) is 0 Å². The lowest BCUT2D eigenvalue weighted by Gasteiger charge is -2.38. The minimum Gasteiger partial charge on any atom is -0.480 e. The van der Waals surface area contributed by atoms with Crippen LogP contribution in [0.25, 0.3) is 0 Å². The van der Waals surface area contributed by atoms with Crippen LogP contribution in [-0.2, 0) is 15.0 Å². The zero-order valence-corrected chi connectivity index (χ0v) is 12.8. The molecule has 6 nitrogen and oxygen atoms in total. The molecule has 1 heterocycles. The molecule has 2 rings (SSSR count). The van der Waals surface area contributed by atoms with Crippen LogP contribution in [0.1, 0.15) is 51.4 Å². The molecule has 2 fully saturated rings. The molecule has 0 aromatic carbocycles. The van der Waals surface area contributed by atoms with E-state index in [1.165, 1.54) is 8.61 Å². The number of hydrogen-bond acceptors (Lipinski definition) is 3. The summed E-state index contributed by atoms with van der Waals surface area (Å²) in [7, 11) is -2.07. The van der Waals surface area contributed by atoms with E-state index in [1.807, 2.05) is 0 Å².